The summed E-state index contributed by atoms with van der Waals surface area (Å²) in [7, 11) is -1.51. The van der Waals surface area contributed by atoms with Gasteiger partial charge in [0.15, 0.2) is 5.78 Å². The van der Waals surface area contributed by atoms with Crippen LogP contribution < -0.4 is 15.4 Å². The first-order valence-corrected chi connectivity index (χ1v) is 15.0. The van der Waals surface area contributed by atoms with Gasteiger partial charge in [0.2, 0.25) is 11.8 Å². The maximum Gasteiger partial charge on any atom is 0.408 e. The summed E-state index contributed by atoms with van der Waals surface area (Å²) in [6, 6.07) is -1.95. The molecule has 1 saturated heterocycles. The van der Waals surface area contributed by atoms with Gasteiger partial charge in [-0.3, -0.25) is 23.9 Å². The molecule has 0 aromatic heterocycles. The minimum Gasteiger partial charge on any atom is -0.444 e. The van der Waals surface area contributed by atoms with Crippen molar-refractivity contribution in [3.8, 4) is 0 Å². The Bertz CT molecular complexity index is 1110. The van der Waals surface area contributed by atoms with Gasteiger partial charge in [-0.2, -0.15) is 0 Å². The summed E-state index contributed by atoms with van der Waals surface area (Å²) in [6.07, 6.45) is 5.14. The fraction of sp³-hybridized carbons (Fsp3) is 0.679. The molecule has 2 aliphatic carbocycles. The smallest absolute Gasteiger partial charge is 0.408 e. The Morgan fingerprint density at radius 1 is 1.15 bits per heavy atom. The molecule has 0 bridgehead atoms. The van der Waals surface area contributed by atoms with Crippen LogP contribution in [-0.2, 0) is 34.9 Å². The molecule has 3 fully saturated rings. The van der Waals surface area contributed by atoms with Crippen LogP contribution in [0.4, 0.5) is 4.79 Å². The lowest BCUT2D eigenvalue weighted by atomic mass is 10.1. The summed E-state index contributed by atoms with van der Waals surface area (Å²) in [5.74, 6) is -2.02. The summed E-state index contributed by atoms with van der Waals surface area (Å²) < 4.78 is 20.2. The zero-order chi connectivity index (χ0) is 29.8. The summed E-state index contributed by atoms with van der Waals surface area (Å²) in [5, 5.41) is 5.34. The number of ether oxygens (including phenoxy) is 1. The molecule has 222 valence electrons. The normalized spacial score (nSPS) is 25.2. The summed E-state index contributed by atoms with van der Waals surface area (Å²) in [5.41, 5.74) is -1.23. The zero-order valence-corrected chi connectivity index (χ0v) is 24.9. The molecular weight excluding hydrogens is 536 g/mol. The Hall–Kier alpha value is -3.02. The molecule has 1 heterocycles. The highest BCUT2D eigenvalue weighted by Crippen LogP contribution is 2.45. The molecule has 2 saturated carbocycles. The molecule has 3 aliphatic rings. The van der Waals surface area contributed by atoms with Crippen LogP contribution in [-0.4, -0.2) is 73.7 Å². The van der Waals surface area contributed by atoms with E-state index in [0.29, 0.717) is 19.3 Å². The number of likely N-dealkylation sites (tertiary alicyclic amines) is 1. The molecule has 3 N–H and O–H groups in total. The van der Waals surface area contributed by atoms with Gasteiger partial charge in [-0.15, -0.1) is 6.58 Å². The average molecular weight is 579 g/mol. The van der Waals surface area contributed by atoms with Gasteiger partial charge in [0.25, 0.3) is 5.91 Å². The third-order valence-electron chi connectivity index (χ3n) is 7.03. The highest BCUT2D eigenvalue weighted by molar-refractivity contribution is 7.84. The van der Waals surface area contributed by atoms with E-state index in [-0.39, 0.29) is 36.3 Å². The largest absolute Gasteiger partial charge is 0.444 e. The standard InChI is InChI=1S/C28H42N4O7S/c1-7-18-16-28(18,25(36)31-40(38)20-11-12-20)30-23(34)22-9-8-14-32(22)24(35)21(13-10-19(33)15-17(2)3)29-26(37)39-27(4,5)6/h7,15,18,20-22H,1,8-14,16H2,2-6H3,(H,29,37)(H,30,34)(H,31,36). The molecule has 0 aromatic rings. The SMILES string of the molecule is C=CC1CC1(NC(=O)C1CCCN1C(=O)C(CCC(=O)C=C(C)C)NC(=O)OC(C)(C)C)C(=O)NS(=O)C1CC1. The quantitative estimate of drug-likeness (QED) is 0.237. The van der Waals surface area contributed by atoms with Gasteiger partial charge >= 0.3 is 6.09 Å². The molecule has 5 unspecified atom stereocenters. The van der Waals surface area contributed by atoms with Crippen molar-refractivity contribution < 1.29 is 32.9 Å². The number of nitrogens with one attached hydrogen (secondary N) is 3. The maximum atomic E-state index is 13.7. The minimum atomic E-state index is -1.51. The number of allylic oxidation sites excluding steroid dienone is 2. The van der Waals surface area contributed by atoms with Crippen molar-refractivity contribution >= 4 is 40.6 Å². The summed E-state index contributed by atoms with van der Waals surface area (Å²) in [4.78, 5) is 66.4. The fourth-order valence-electron chi connectivity index (χ4n) is 4.78. The van der Waals surface area contributed by atoms with Crippen LogP contribution in [0.5, 0.6) is 0 Å². The predicted molar refractivity (Wildman–Crippen MR) is 150 cm³/mol. The van der Waals surface area contributed by atoms with E-state index in [0.717, 1.165) is 18.4 Å². The minimum absolute atomic E-state index is 0.0184. The Morgan fingerprint density at radius 3 is 2.38 bits per heavy atom. The molecular formula is C28H42N4O7S. The lowest BCUT2D eigenvalue weighted by Gasteiger charge is -2.30. The van der Waals surface area contributed by atoms with Crippen LogP contribution in [0.25, 0.3) is 0 Å². The topological polar surface area (TPSA) is 151 Å². The Balaban J connectivity index is 1.73. The molecule has 4 amide bonds. The van der Waals surface area contributed by atoms with Crippen LogP contribution in [0.2, 0.25) is 0 Å². The van der Waals surface area contributed by atoms with E-state index in [9.17, 15) is 28.2 Å². The number of hydrogen-bond donors (Lipinski definition) is 3. The van der Waals surface area contributed by atoms with Crippen LogP contribution in [0.15, 0.2) is 24.3 Å². The van der Waals surface area contributed by atoms with Crippen molar-refractivity contribution in [3.05, 3.63) is 24.3 Å². The molecule has 11 nitrogen and oxygen atoms in total. The van der Waals surface area contributed by atoms with E-state index < -0.39 is 58.0 Å². The lowest BCUT2D eigenvalue weighted by Crippen LogP contribution is -2.58. The number of carbonyl (C=O) groups excluding carboxylic acids is 5. The second-order valence-electron chi connectivity index (χ2n) is 12.1. The zero-order valence-electron chi connectivity index (χ0n) is 24.0. The highest BCUT2D eigenvalue weighted by atomic mass is 32.2. The van der Waals surface area contributed by atoms with Crippen LogP contribution in [0, 0.1) is 5.92 Å². The van der Waals surface area contributed by atoms with Gasteiger partial charge in [-0.25, -0.2) is 9.00 Å². The van der Waals surface area contributed by atoms with E-state index in [1.54, 1.807) is 40.7 Å². The molecule has 1 aliphatic heterocycles. The van der Waals surface area contributed by atoms with Gasteiger partial charge in [0, 0.05) is 18.9 Å². The number of alkyl carbamates (subject to hydrolysis) is 1. The second kappa shape index (κ2) is 12.7. The highest BCUT2D eigenvalue weighted by Gasteiger charge is 2.61. The monoisotopic (exact) mass is 578 g/mol. The van der Waals surface area contributed by atoms with Crippen molar-refractivity contribution in [1.29, 1.82) is 0 Å². The van der Waals surface area contributed by atoms with E-state index >= 15 is 0 Å². The van der Waals surface area contributed by atoms with Crippen molar-refractivity contribution in [3.63, 3.8) is 0 Å². The van der Waals surface area contributed by atoms with Crippen LogP contribution in [0.3, 0.4) is 0 Å². The van der Waals surface area contributed by atoms with Crippen LogP contribution >= 0.6 is 0 Å². The first-order valence-electron chi connectivity index (χ1n) is 13.8. The second-order valence-corrected chi connectivity index (χ2v) is 13.5. The van der Waals surface area contributed by atoms with Crippen molar-refractivity contribution in [2.45, 2.75) is 108 Å². The molecule has 0 spiro atoms. The van der Waals surface area contributed by atoms with Crippen LogP contribution in [0.1, 0.15) is 79.6 Å². The lowest BCUT2D eigenvalue weighted by molar-refractivity contribution is -0.141. The van der Waals surface area contributed by atoms with Crippen molar-refractivity contribution in [2.75, 3.05) is 6.54 Å². The maximum absolute atomic E-state index is 13.7. The number of rotatable bonds is 12. The summed E-state index contributed by atoms with van der Waals surface area (Å²) >= 11 is 0. The molecule has 40 heavy (non-hydrogen) atoms. The number of amides is 4. The number of hydrogen-bond acceptors (Lipinski definition) is 7. The Labute approximate surface area is 238 Å². The van der Waals surface area contributed by atoms with E-state index in [2.05, 4.69) is 21.9 Å². The Morgan fingerprint density at radius 2 is 1.82 bits per heavy atom. The first kappa shape index (κ1) is 31.5. The van der Waals surface area contributed by atoms with Gasteiger partial charge in [0.05, 0.1) is 5.25 Å². The van der Waals surface area contributed by atoms with Crippen molar-refractivity contribution in [1.82, 2.24) is 20.3 Å². The Kier molecular flexibility index (Phi) is 9.97. The average Bonchev–Trinajstić information content (AvgIpc) is 3.76. The number of nitrogens with zero attached hydrogens (tertiary/aromatic N) is 1. The number of ketones is 1. The molecule has 5 atom stereocenters. The molecule has 0 radical (unpaired) electrons. The third kappa shape index (κ3) is 8.25. The molecule has 3 rings (SSSR count). The predicted octanol–water partition coefficient (Wildman–Crippen LogP) is 2.19. The molecule has 0 aromatic carbocycles. The fourth-order valence-corrected chi connectivity index (χ4v) is 5.87. The van der Waals surface area contributed by atoms with E-state index in [4.69, 9.17) is 4.74 Å². The van der Waals surface area contributed by atoms with Gasteiger partial charge in [-0.1, -0.05) is 11.6 Å². The third-order valence-corrected chi connectivity index (χ3v) is 8.49. The van der Waals surface area contributed by atoms with Crippen molar-refractivity contribution in [2.24, 2.45) is 5.92 Å². The van der Waals surface area contributed by atoms with Gasteiger partial charge < -0.3 is 20.3 Å². The summed E-state index contributed by atoms with van der Waals surface area (Å²) in [6.45, 7) is 12.7. The van der Waals surface area contributed by atoms with Gasteiger partial charge in [0.1, 0.15) is 34.2 Å². The molecule has 12 heteroatoms. The number of carbonyl (C=O) groups is 5. The van der Waals surface area contributed by atoms with E-state index in [1.807, 2.05) is 0 Å². The van der Waals surface area contributed by atoms with Gasteiger partial charge in [-0.05, 0) is 79.2 Å². The van der Waals surface area contributed by atoms with E-state index in [1.165, 1.54) is 11.0 Å². The first-order chi connectivity index (χ1) is 18.7.